The van der Waals surface area contributed by atoms with E-state index in [0.717, 1.165) is 38.5 Å². The van der Waals surface area contributed by atoms with Gasteiger partial charge >= 0.3 is 6.09 Å². The summed E-state index contributed by atoms with van der Waals surface area (Å²) in [5.74, 6) is 0.918. The first-order valence-corrected chi connectivity index (χ1v) is 10.7. The Morgan fingerprint density at radius 3 is 2.11 bits per heavy atom. The standard InChI is InChI=1S/C23H32N2O3/c1-23(2,3)28-22(27)24-14-15-8-10-16(11-9-15)21(26)25-19-12-13-20(25)18-7-5-4-6-17(18)19/h4-7,15-16,19-20H,8-14H2,1-3H3,(H,24,27). The average molecular weight is 385 g/mol. The molecule has 5 nitrogen and oxygen atoms in total. The average Bonchev–Trinajstić information content (AvgIpc) is 3.22. The van der Waals surface area contributed by atoms with E-state index in [-0.39, 0.29) is 12.0 Å². The summed E-state index contributed by atoms with van der Waals surface area (Å²) in [4.78, 5) is 27.3. The Morgan fingerprint density at radius 2 is 1.57 bits per heavy atom. The molecule has 2 amide bonds. The molecule has 28 heavy (non-hydrogen) atoms. The number of hydrogen-bond acceptors (Lipinski definition) is 3. The van der Waals surface area contributed by atoms with Gasteiger partial charge in [-0.25, -0.2) is 4.79 Å². The smallest absolute Gasteiger partial charge is 0.407 e. The van der Waals surface area contributed by atoms with Crippen LogP contribution in [0, 0.1) is 11.8 Å². The molecule has 3 aliphatic rings. The number of nitrogens with zero attached hydrogens (tertiary/aromatic N) is 1. The molecule has 1 saturated heterocycles. The molecule has 1 saturated carbocycles. The lowest BCUT2D eigenvalue weighted by molar-refractivity contribution is -0.139. The van der Waals surface area contributed by atoms with Crippen LogP contribution in [0.3, 0.4) is 0 Å². The second kappa shape index (κ2) is 7.41. The summed E-state index contributed by atoms with van der Waals surface area (Å²) in [5.41, 5.74) is 2.26. The van der Waals surface area contributed by atoms with Gasteiger partial charge in [0.2, 0.25) is 5.91 Å². The molecule has 0 aromatic heterocycles. The van der Waals surface area contributed by atoms with Crippen LogP contribution < -0.4 is 5.32 Å². The number of rotatable bonds is 3. The van der Waals surface area contributed by atoms with Gasteiger partial charge in [-0.15, -0.1) is 0 Å². The van der Waals surface area contributed by atoms with Crippen molar-refractivity contribution >= 4 is 12.0 Å². The summed E-state index contributed by atoms with van der Waals surface area (Å²) < 4.78 is 5.31. The van der Waals surface area contributed by atoms with Gasteiger partial charge in [0.25, 0.3) is 0 Å². The fourth-order valence-electron chi connectivity index (χ4n) is 5.21. The molecular weight excluding hydrogens is 352 g/mol. The first kappa shape index (κ1) is 19.3. The summed E-state index contributed by atoms with van der Waals surface area (Å²) in [6.07, 6.45) is 5.67. The molecule has 2 fully saturated rings. The van der Waals surface area contributed by atoms with Crippen LogP contribution in [0.5, 0.6) is 0 Å². The van der Waals surface area contributed by atoms with Gasteiger partial charge in [-0.05, 0) is 76.3 Å². The number of fused-ring (bicyclic) bond motifs is 5. The Balaban J connectivity index is 1.28. The Morgan fingerprint density at radius 1 is 1.00 bits per heavy atom. The normalized spacial score (nSPS) is 28.8. The third-order valence-corrected chi connectivity index (χ3v) is 6.48. The molecule has 0 spiro atoms. The molecular formula is C23H32N2O3. The van der Waals surface area contributed by atoms with Crippen molar-refractivity contribution in [1.82, 2.24) is 10.2 Å². The quantitative estimate of drug-likeness (QED) is 0.819. The minimum absolute atomic E-state index is 0.134. The van der Waals surface area contributed by atoms with Crippen molar-refractivity contribution in [2.75, 3.05) is 6.54 Å². The molecule has 4 rings (SSSR count). The number of alkyl carbamates (subject to hydrolysis) is 1. The van der Waals surface area contributed by atoms with Gasteiger partial charge in [0.05, 0.1) is 12.1 Å². The summed E-state index contributed by atoms with van der Waals surface area (Å²) in [5, 5.41) is 2.89. The summed E-state index contributed by atoms with van der Waals surface area (Å²) >= 11 is 0. The van der Waals surface area contributed by atoms with E-state index in [1.54, 1.807) is 0 Å². The minimum atomic E-state index is -0.471. The van der Waals surface area contributed by atoms with Gasteiger partial charge in [-0.3, -0.25) is 4.79 Å². The maximum Gasteiger partial charge on any atom is 0.407 e. The molecule has 5 heteroatoms. The molecule has 2 aliphatic heterocycles. The van der Waals surface area contributed by atoms with Crippen molar-refractivity contribution in [3.8, 4) is 0 Å². The number of ether oxygens (including phenoxy) is 1. The fraction of sp³-hybridized carbons (Fsp3) is 0.652. The van der Waals surface area contributed by atoms with Crippen molar-refractivity contribution in [3.05, 3.63) is 35.4 Å². The monoisotopic (exact) mass is 384 g/mol. The highest BCUT2D eigenvalue weighted by molar-refractivity contribution is 5.81. The largest absolute Gasteiger partial charge is 0.444 e. The summed E-state index contributed by atoms with van der Waals surface area (Å²) in [7, 11) is 0. The van der Waals surface area contributed by atoms with Crippen LogP contribution in [0.1, 0.15) is 82.5 Å². The first-order valence-electron chi connectivity index (χ1n) is 10.7. The lowest BCUT2D eigenvalue weighted by atomic mass is 9.81. The van der Waals surface area contributed by atoms with E-state index in [0.29, 0.717) is 30.5 Å². The van der Waals surface area contributed by atoms with Gasteiger partial charge in [-0.1, -0.05) is 24.3 Å². The number of amides is 2. The van der Waals surface area contributed by atoms with E-state index >= 15 is 0 Å². The minimum Gasteiger partial charge on any atom is -0.444 e. The van der Waals surface area contributed by atoms with Crippen LogP contribution in [0.15, 0.2) is 24.3 Å². The first-order chi connectivity index (χ1) is 13.3. The Labute approximate surface area is 167 Å². The highest BCUT2D eigenvalue weighted by Gasteiger charge is 2.47. The third-order valence-electron chi connectivity index (χ3n) is 6.48. The van der Waals surface area contributed by atoms with Crippen LogP contribution in [-0.2, 0) is 9.53 Å². The highest BCUT2D eigenvalue weighted by atomic mass is 16.6. The van der Waals surface area contributed by atoms with Crippen molar-refractivity contribution in [1.29, 1.82) is 0 Å². The Hall–Kier alpha value is -2.04. The van der Waals surface area contributed by atoms with Gasteiger partial charge in [0.1, 0.15) is 5.60 Å². The molecule has 1 aromatic carbocycles. The van der Waals surface area contributed by atoms with Crippen molar-refractivity contribution in [2.45, 2.75) is 77.0 Å². The molecule has 1 aliphatic carbocycles. The maximum atomic E-state index is 13.3. The Bertz CT molecular complexity index is 715. The van der Waals surface area contributed by atoms with Gasteiger partial charge in [0, 0.05) is 12.5 Å². The predicted molar refractivity (Wildman–Crippen MR) is 108 cm³/mol. The predicted octanol–water partition coefficient (Wildman–Crippen LogP) is 4.74. The lowest BCUT2D eigenvalue weighted by Crippen LogP contribution is -2.38. The molecule has 1 N–H and O–H groups in total. The second-order valence-corrected chi connectivity index (χ2v) is 9.58. The topological polar surface area (TPSA) is 58.6 Å². The summed E-state index contributed by atoms with van der Waals surface area (Å²) in [6, 6.07) is 9.15. The van der Waals surface area contributed by atoms with E-state index in [9.17, 15) is 9.59 Å². The number of carbonyl (C=O) groups excluding carboxylic acids is 2. The van der Waals surface area contributed by atoms with Crippen molar-refractivity contribution < 1.29 is 14.3 Å². The van der Waals surface area contributed by atoms with E-state index in [2.05, 4.69) is 34.5 Å². The zero-order chi connectivity index (χ0) is 19.9. The van der Waals surface area contributed by atoms with Gasteiger partial charge in [-0.2, -0.15) is 0 Å². The third kappa shape index (κ3) is 3.76. The van der Waals surface area contributed by atoms with Gasteiger partial charge in [0.15, 0.2) is 0 Å². The van der Waals surface area contributed by atoms with Crippen LogP contribution in [0.4, 0.5) is 4.79 Å². The zero-order valence-corrected chi connectivity index (χ0v) is 17.2. The van der Waals surface area contributed by atoms with Gasteiger partial charge < -0.3 is 15.0 Å². The SMILES string of the molecule is CC(C)(C)OC(=O)NCC1CCC(C(=O)N2C3CCC2c2ccccc23)CC1. The number of benzene rings is 1. The zero-order valence-electron chi connectivity index (χ0n) is 17.2. The molecule has 152 valence electrons. The van der Waals surface area contributed by atoms with Crippen molar-refractivity contribution in [3.63, 3.8) is 0 Å². The number of carbonyl (C=O) groups is 2. The summed E-state index contributed by atoms with van der Waals surface area (Å²) in [6.45, 7) is 6.24. The van der Waals surface area contributed by atoms with E-state index in [1.165, 1.54) is 11.1 Å². The van der Waals surface area contributed by atoms with Crippen molar-refractivity contribution in [2.24, 2.45) is 11.8 Å². The molecule has 2 unspecified atom stereocenters. The maximum absolute atomic E-state index is 13.3. The van der Waals surface area contributed by atoms with Crippen LogP contribution in [0.2, 0.25) is 0 Å². The molecule has 2 atom stereocenters. The van der Waals surface area contributed by atoms with E-state index in [4.69, 9.17) is 4.74 Å². The van der Waals surface area contributed by atoms with Crippen LogP contribution in [-0.4, -0.2) is 29.0 Å². The van der Waals surface area contributed by atoms with Crippen LogP contribution >= 0.6 is 0 Å². The highest BCUT2D eigenvalue weighted by Crippen LogP contribution is 2.53. The molecule has 0 radical (unpaired) electrons. The molecule has 1 aromatic rings. The second-order valence-electron chi connectivity index (χ2n) is 9.58. The van der Waals surface area contributed by atoms with E-state index in [1.807, 2.05) is 20.8 Å². The molecule has 2 heterocycles. The Kier molecular flexibility index (Phi) is 5.11. The molecule has 2 bridgehead atoms. The van der Waals surface area contributed by atoms with Crippen LogP contribution in [0.25, 0.3) is 0 Å². The fourth-order valence-corrected chi connectivity index (χ4v) is 5.21. The number of nitrogens with one attached hydrogen (secondary N) is 1. The number of hydrogen-bond donors (Lipinski definition) is 1. The lowest BCUT2D eigenvalue weighted by Gasteiger charge is -2.32. The van der Waals surface area contributed by atoms with E-state index < -0.39 is 5.60 Å².